The van der Waals surface area contributed by atoms with Gasteiger partial charge in [-0.05, 0) is 24.3 Å². The zero-order valence-electron chi connectivity index (χ0n) is 16.7. The van der Waals surface area contributed by atoms with Crippen molar-refractivity contribution < 1.29 is 19.1 Å². The fourth-order valence-electron chi connectivity index (χ4n) is 3.49. The van der Waals surface area contributed by atoms with Gasteiger partial charge in [-0.25, -0.2) is 4.68 Å². The van der Waals surface area contributed by atoms with E-state index in [0.717, 1.165) is 0 Å². The number of amides is 2. The molecule has 1 aliphatic rings. The summed E-state index contributed by atoms with van der Waals surface area (Å²) in [6.45, 7) is 3.03. The van der Waals surface area contributed by atoms with Crippen LogP contribution in [0.2, 0.25) is 5.02 Å². The summed E-state index contributed by atoms with van der Waals surface area (Å²) in [6, 6.07) is 10.2. The minimum atomic E-state index is -0.499. The molecule has 1 fully saturated rings. The number of nitrogens with zero attached hydrogens (tertiary/aromatic N) is 4. The van der Waals surface area contributed by atoms with Crippen molar-refractivity contribution in [3.05, 3.63) is 65.2 Å². The van der Waals surface area contributed by atoms with Crippen LogP contribution < -0.4 is 5.32 Å². The highest BCUT2D eigenvalue weighted by atomic mass is 35.5. The van der Waals surface area contributed by atoms with Crippen LogP contribution in [0.3, 0.4) is 0 Å². The number of anilines is 1. The third kappa shape index (κ3) is 4.48. The Kier molecular flexibility index (Phi) is 6.36. The molecule has 9 nitrogen and oxygen atoms in total. The maximum atomic E-state index is 13.3. The van der Waals surface area contributed by atoms with Gasteiger partial charge in [-0.2, -0.15) is 5.10 Å². The quantitative estimate of drug-likeness (QED) is 0.604. The topological polar surface area (TPSA) is 104 Å². The third-order valence-electron chi connectivity index (χ3n) is 5.13. The number of carbonyl (C=O) groups excluding carboxylic acids is 2. The number of rotatable bonds is 6. The number of aliphatic hydroxyl groups excluding tert-OH is 1. The van der Waals surface area contributed by atoms with Crippen LogP contribution in [0.1, 0.15) is 20.9 Å². The van der Waals surface area contributed by atoms with Gasteiger partial charge in [-0.15, -0.1) is 0 Å². The largest absolute Gasteiger partial charge is 0.459 e. The summed E-state index contributed by atoms with van der Waals surface area (Å²) in [5.41, 5.74) is 0.793. The fourth-order valence-corrected chi connectivity index (χ4v) is 3.71. The number of halogens is 1. The smallest absolute Gasteiger partial charge is 0.292 e. The molecule has 2 amide bonds. The Bertz CT molecular complexity index is 1060. The molecule has 10 heteroatoms. The maximum Gasteiger partial charge on any atom is 0.292 e. The van der Waals surface area contributed by atoms with E-state index in [0.29, 0.717) is 43.4 Å². The van der Waals surface area contributed by atoms with Gasteiger partial charge in [-0.3, -0.25) is 14.5 Å². The van der Waals surface area contributed by atoms with E-state index in [2.05, 4.69) is 15.3 Å². The van der Waals surface area contributed by atoms with Gasteiger partial charge in [0.15, 0.2) is 5.76 Å². The molecule has 0 aliphatic carbocycles. The lowest BCUT2D eigenvalue weighted by atomic mass is 10.2. The SMILES string of the molecule is O=C(Nc1c(C(=O)N2CCN(CCO)CC2)cnn1-c1ccccc1Cl)c1ccco1. The normalized spacial score (nSPS) is 14.6. The summed E-state index contributed by atoms with van der Waals surface area (Å²) in [7, 11) is 0. The second-order valence-electron chi connectivity index (χ2n) is 7.06. The van der Waals surface area contributed by atoms with Crippen molar-refractivity contribution in [1.82, 2.24) is 19.6 Å². The molecule has 31 heavy (non-hydrogen) atoms. The molecule has 2 aromatic heterocycles. The van der Waals surface area contributed by atoms with E-state index >= 15 is 0 Å². The molecule has 3 aromatic rings. The van der Waals surface area contributed by atoms with Crippen LogP contribution in [0.5, 0.6) is 0 Å². The highest BCUT2D eigenvalue weighted by molar-refractivity contribution is 6.32. The van der Waals surface area contributed by atoms with E-state index in [-0.39, 0.29) is 29.7 Å². The van der Waals surface area contributed by atoms with E-state index in [1.165, 1.54) is 23.2 Å². The lowest BCUT2D eigenvalue weighted by Gasteiger charge is -2.34. The molecule has 0 atom stereocenters. The number of para-hydroxylation sites is 1. The predicted molar refractivity (Wildman–Crippen MR) is 115 cm³/mol. The van der Waals surface area contributed by atoms with Gasteiger partial charge >= 0.3 is 0 Å². The van der Waals surface area contributed by atoms with Crippen molar-refractivity contribution in [3.8, 4) is 5.69 Å². The molecular weight excluding hydrogens is 422 g/mol. The van der Waals surface area contributed by atoms with Gasteiger partial charge in [0.2, 0.25) is 0 Å². The third-order valence-corrected chi connectivity index (χ3v) is 5.45. The predicted octanol–water partition coefficient (Wildman–Crippen LogP) is 2.12. The summed E-state index contributed by atoms with van der Waals surface area (Å²) < 4.78 is 6.62. The van der Waals surface area contributed by atoms with Crippen molar-refractivity contribution in [2.75, 3.05) is 44.6 Å². The summed E-state index contributed by atoms with van der Waals surface area (Å²) >= 11 is 6.34. The zero-order chi connectivity index (χ0) is 21.8. The van der Waals surface area contributed by atoms with E-state index < -0.39 is 5.91 Å². The van der Waals surface area contributed by atoms with Crippen LogP contribution >= 0.6 is 11.6 Å². The first-order valence-corrected chi connectivity index (χ1v) is 10.3. The Morgan fingerprint density at radius 3 is 2.58 bits per heavy atom. The summed E-state index contributed by atoms with van der Waals surface area (Å²) in [5, 5.41) is 16.6. The Morgan fingerprint density at radius 2 is 1.90 bits per heavy atom. The second-order valence-corrected chi connectivity index (χ2v) is 7.47. The molecule has 1 aliphatic heterocycles. The Morgan fingerprint density at radius 1 is 1.13 bits per heavy atom. The fraction of sp³-hybridized carbons (Fsp3) is 0.286. The molecule has 3 heterocycles. The second kappa shape index (κ2) is 9.34. The van der Waals surface area contributed by atoms with Crippen LogP contribution in [-0.2, 0) is 0 Å². The van der Waals surface area contributed by atoms with Gasteiger partial charge in [0.25, 0.3) is 11.8 Å². The van der Waals surface area contributed by atoms with Crippen molar-refractivity contribution in [2.45, 2.75) is 0 Å². The molecule has 0 spiro atoms. The summed E-state index contributed by atoms with van der Waals surface area (Å²) in [4.78, 5) is 29.8. The molecule has 0 unspecified atom stereocenters. The lowest BCUT2D eigenvalue weighted by Crippen LogP contribution is -2.49. The number of furan rings is 1. The average molecular weight is 444 g/mol. The van der Waals surface area contributed by atoms with Gasteiger partial charge in [0.05, 0.1) is 29.8 Å². The standard InChI is InChI=1S/C21H22ClN5O4/c22-16-4-1-2-5-17(16)27-19(24-20(29)18-6-3-13-31-18)15(14-23-27)21(30)26-9-7-25(8-10-26)11-12-28/h1-6,13-14,28H,7-12H2,(H,24,29). The van der Waals surface area contributed by atoms with E-state index in [1.807, 2.05) is 0 Å². The number of nitrogens with one attached hydrogen (secondary N) is 1. The Hall–Kier alpha value is -3.14. The lowest BCUT2D eigenvalue weighted by molar-refractivity contribution is 0.0616. The molecule has 2 N–H and O–H groups in total. The van der Waals surface area contributed by atoms with E-state index in [1.54, 1.807) is 35.2 Å². The van der Waals surface area contributed by atoms with Crippen LogP contribution in [0.4, 0.5) is 5.82 Å². The number of hydrogen-bond acceptors (Lipinski definition) is 6. The molecule has 0 bridgehead atoms. The first-order valence-electron chi connectivity index (χ1n) is 9.88. The first kappa shape index (κ1) is 21.1. The maximum absolute atomic E-state index is 13.3. The highest BCUT2D eigenvalue weighted by Crippen LogP contribution is 2.27. The Labute approximate surface area is 183 Å². The number of β-amino-alcohol motifs (C(OH)–C–C–N with tert-alkyl or cyclic N) is 1. The van der Waals surface area contributed by atoms with Gasteiger partial charge in [0.1, 0.15) is 11.4 Å². The van der Waals surface area contributed by atoms with Crippen LogP contribution in [-0.4, -0.2) is 75.8 Å². The molecule has 1 aromatic carbocycles. The minimum Gasteiger partial charge on any atom is -0.459 e. The first-order chi connectivity index (χ1) is 15.1. The molecule has 162 valence electrons. The number of hydrogen-bond donors (Lipinski definition) is 2. The zero-order valence-corrected chi connectivity index (χ0v) is 17.5. The van der Waals surface area contributed by atoms with Crippen LogP contribution in [0, 0.1) is 0 Å². The van der Waals surface area contributed by atoms with E-state index in [9.17, 15) is 9.59 Å². The number of aromatic nitrogens is 2. The molecule has 1 saturated heterocycles. The number of benzene rings is 1. The van der Waals surface area contributed by atoms with E-state index in [4.69, 9.17) is 21.1 Å². The average Bonchev–Trinajstić information content (AvgIpc) is 3.45. The summed E-state index contributed by atoms with van der Waals surface area (Å²) in [5.74, 6) is -0.405. The van der Waals surface area contributed by atoms with Crippen molar-refractivity contribution in [2.24, 2.45) is 0 Å². The molecular formula is C21H22ClN5O4. The van der Waals surface area contributed by atoms with Gasteiger partial charge in [-0.1, -0.05) is 23.7 Å². The number of piperazine rings is 1. The molecule has 4 rings (SSSR count). The van der Waals surface area contributed by atoms with Crippen molar-refractivity contribution in [1.29, 1.82) is 0 Å². The Balaban J connectivity index is 1.65. The van der Waals surface area contributed by atoms with Crippen molar-refractivity contribution in [3.63, 3.8) is 0 Å². The monoisotopic (exact) mass is 443 g/mol. The minimum absolute atomic E-state index is 0.0848. The molecule has 0 radical (unpaired) electrons. The van der Waals surface area contributed by atoms with Crippen LogP contribution in [0.25, 0.3) is 5.69 Å². The van der Waals surface area contributed by atoms with Gasteiger partial charge < -0.3 is 19.7 Å². The van der Waals surface area contributed by atoms with Gasteiger partial charge in [0, 0.05) is 32.7 Å². The number of carbonyl (C=O) groups is 2. The van der Waals surface area contributed by atoms with Crippen molar-refractivity contribution >= 4 is 29.2 Å². The van der Waals surface area contributed by atoms with Crippen LogP contribution in [0.15, 0.2) is 53.3 Å². The molecule has 0 saturated carbocycles. The number of aliphatic hydroxyl groups is 1. The highest BCUT2D eigenvalue weighted by Gasteiger charge is 2.28. The summed E-state index contributed by atoms with van der Waals surface area (Å²) in [6.07, 6.45) is 2.84.